The van der Waals surface area contributed by atoms with Gasteiger partial charge in [-0.3, -0.25) is 29.4 Å². The molecule has 6 aliphatic heterocycles. The number of rotatable bonds is 13. The number of hydrazine groups is 1. The Morgan fingerprint density at radius 2 is 1.79 bits per heavy atom. The number of esters is 1. The fourth-order valence-electron chi connectivity index (χ4n) is 14.5. The van der Waals surface area contributed by atoms with Crippen LogP contribution >= 0.6 is 11.3 Å². The lowest BCUT2D eigenvalue weighted by molar-refractivity contribution is -0.180. The molecule has 5 aromatic rings. The zero-order chi connectivity index (χ0) is 55.2. The number of nitrogens with zero attached hydrogens (tertiary/aromatic N) is 8. The summed E-state index contributed by atoms with van der Waals surface area (Å²) < 4.78 is 33.4. The van der Waals surface area contributed by atoms with Gasteiger partial charge >= 0.3 is 5.97 Å². The van der Waals surface area contributed by atoms with Crippen LogP contribution in [0.15, 0.2) is 52.9 Å². The van der Waals surface area contributed by atoms with E-state index in [1.165, 1.54) is 30.6 Å². The normalized spacial score (nSPS) is 30.2. The highest BCUT2D eigenvalue weighted by molar-refractivity contribution is 7.10. The van der Waals surface area contributed by atoms with E-state index in [1.54, 1.807) is 18.4 Å². The van der Waals surface area contributed by atoms with E-state index in [0.717, 1.165) is 132 Å². The van der Waals surface area contributed by atoms with Gasteiger partial charge in [0.1, 0.15) is 22.9 Å². The fraction of sp³-hybridized carbons (Fsp3) is 0.639. The number of hydrogen-bond acceptors (Lipinski definition) is 16. The molecule has 428 valence electrons. The SMILES string of the molecule is CO[C@@H](C)c1ncc(N2CCN(C3CC3)CC2)cc1-c1c2c3cc(ccc3n1CCO[C@H]1CCOC(C)(C)C1)-c1csc(n1)[C@@H](N1CCCC1)[C@H](NC(=O)[C@@H]1[C@@H](C)[C@H]1c1cocn1)C(=O)N1CC3CC(C3)(N1)C(=O)OCC(C)(C)C2. The van der Waals surface area contributed by atoms with E-state index in [9.17, 15) is 9.59 Å². The quantitative estimate of drug-likeness (QED) is 0.108. The number of piperazine rings is 1. The molecule has 7 atom stereocenters. The third-order valence-electron chi connectivity index (χ3n) is 19.1. The van der Waals surface area contributed by atoms with E-state index >= 15 is 4.79 Å². The van der Waals surface area contributed by atoms with Crippen molar-refractivity contribution in [2.24, 2.45) is 23.2 Å². The second kappa shape index (κ2) is 21.2. The molecule has 3 saturated carbocycles. The summed E-state index contributed by atoms with van der Waals surface area (Å²) in [6, 6.07) is 8.18. The average molecular weight is 1110 g/mol. The molecule has 2 amide bonds. The van der Waals surface area contributed by atoms with Crippen LogP contribution in [0.4, 0.5) is 5.69 Å². The number of aromatic nitrogens is 4. The number of amides is 2. The first kappa shape index (κ1) is 54.0. The molecule has 8 fully saturated rings. The van der Waals surface area contributed by atoms with E-state index in [4.69, 9.17) is 33.3 Å². The summed E-state index contributed by atoms with van der Waals surface area (Å²) >= 11 is 1.53. The molecule has 14 rings (SSSR count). The lowest BCUT2D eigenvalue weighted by Crippen LogP contribution is -2.75. The molecule has 1 spiro atoms. The largest absolute Gasteiger partial charge is 0.464 e. The standard InChI is InChI=1S/C61H80N10O8S/c1-36-49(46-32-76-35-63-46)50(36)55(72)65-52-54(69-15-8-9-16-69)56-64-47(33-80-56)39-10-13-48-43(24-39)45(29-59(3,4)34-78-58(74)61-26-38(27-61)31-71(66-61)57(52)73)53(70(48)21-23-77-42-14-22-79-60(5,6)28-42)44-25-41(30-62-51(44)37(2)75-7)68-19-17-67(18-20-68)40-11-12-40/h10,13,24-25,30,32-33,35-38,40,42,49-50,52,54,66H,8-9,11-12,14-23,26-29,31,34H2,1-7H3,(H,65,72)/t36-,37-,38?,42-,49-,50+,52-,54-,61?/m0/s1. The molecule has 2 N–H and O–H groups in total. The zero-order valence-electron chi connectivity index (χ0n) is 47.7. The highest BCUT2D eigenvalue weighted by Crippen LogP contribution is 2.54. The van der Waals surface area contributed by atoms with Gasteiger partial charge < -0.3 is 38.1 Å². The van der Waals surface area contributed by atoms with Crippen molar-refractivity contribution in [2.45, 2.75) is 153 Å². The molecule has 19 heteroatoms. The van der Waals surface area contributed by atoms with Crippen LogP contribution in [0.1, 0.15) is 133 Å². The molecule has 9 aliphatic rings. The first-order valence-corrected chi connectivity index (χ1v) is 30.5. The number of benzene rings is 1. The minimum absolute atomic E-state index is 0.0132. The number of oxazole rings is 1. The number of carbonyl (C=O) groups is 3. The molecule has 5 saturated heterocycles. The smallest absolute Gasteiger partial charge is 0.328 e. The van der Waals surface area contributed by atoms with Gasteiger partial charge in [-0.1, -0.05) is 26.8 Å². The molecule has 7 bridgehead atoms. The van der Waals surface area contributed by atoms with E-state index in [-0.39, 0.29) is 65.9 Å². The van der Waals surface area contributed by atoms with Crippen LogP contribution in [0.2, 0.25) is 0 Å². The number of fused-ring (bicyclic) bond motifs is 4. The third-order valence-corrected chi connectivity index (χ3v) is 20.0. The summed E-state index contributed by atoms with van der Waals surface area (Å²) in [6.07, 6.45) is 12.6. The first-order chi connectivity index (χ1) is 38.6. The van der Waals surface area contributed by atoms with Gasteiger partial charge in [0.05, 0.1) is 71.7 Å². The predicted octanol–water partition coefficient (Wildman–Crippen LogP) is 8.07. The second-order valence-electron chi connectivity index (χ2n) is 26.0. The number of hydrogen-bond donors (Lipinski definition) is 2. The van der Waals surface area contributed by atoms with Crippen molar-refractivity contribution in [1.29, 1.82) is 0 Å². The van der Waals surface area contributed by atoms with Gasteiger partial charge in [-0.15, -0.1) is 11.3 Å². The minimum Gasteiger partial charge on any atom is -0.464 e. The van der Waals surface area contributed by atoms with Crippen molar-refractivity contribution in [1.82, 2.24) is 45.1 Å². The van der Waals surface area contributed by atoms with E-state index in [1.807, 2.05) is 13.1 Å². The van der Waals surface area contributed by atoms with Gasteiger partial charge in [0.15, 0.2) is 6.39 Å². The number of carbonyl (C=O) groups excluding carboxylic acids is 3. The number of likely N-dealkylation sites (tertiary alicyclic amines) is 1. The maximum atomic E-state index is 15.5. The van der Waals surface area contributed by atoms with Crippen LogP contribution in [0.25, 0.3) is 33.4 Å². The average Bonchev–Trinajstić information content (AvgIpc) is 4.06. The Hall–Kier alpha value is -5.28. The summed E-state index contributed by atoms with van der Waals surface area (Å²) in [5, 5.41) is 8.87. The number of methoxy groups -OCH3 is 1. The Bertz CT molecular complexity index is 3110. The lowest BCUT2D eigenvalue weighted by Gasteiger charge is -2.55. The summed E-state index contributed by atoms with van der Waals surface area (Å²) in [7, 11) is 1.75. The van der Waals surface area contributed by atoms with Crippen molar-refractivity contribution in [3.05, 3.63) is 70.5 Å². The molecule has 0 radical (unpaired) electrons. The van der Waals surface area contributed by atoms with Gasteiger partial charge in [0.25, 0.3) is 5.91 Å². The number of thiazole rings is 1. The Balaban J connectivity index is 0.947. The van der Waals surface area contributed by atoms with Crippen molar-refractivity contribution in [2.75, 3.05) is 77.6 Å². The minimum atomic E-state index is -1.08. The van der Waals surface area contributed by atoms with Crippen molar-refractivity contribution >= 4 is 45.7 Å². The fourth-order valence-corrected chi connectivity index (χ4v) is 15.5. The summed E-state index contributed by atoms with van der Waals surface area (Å²) in [5.74, 6) is -1.24. The van der Waals surface area contributed by atoms with Crippen molar-refractivity contribution in [3.63, 3.8) is 0 Å². The highest BCUT2D eigenvalue weighted by Gasteiger charge is 2.59. The Labute approximate surface area is 473 Å². The molecule has 18 nitrogen and oxygen atoms in total. The molecule has 4 aromatic heterocycles. The molecular weight excluding hydrogens is 1030 g/mol. The van der Waals surface area contributed by atoms with Crippen molar-refractivity contribution in [3.8, 4) is 22.5 Å². The van der Waals surface area contributed by atoms with Crippen LogP contribution in [0, 0.1) is 23.2 Å². The highest BCUT2D eigenvalue weighted by atomic mass is 32.1. The molecule has 80 heavy (non-hydrogen) atoms. The molecule has 1 aromatic carbocycles. The van der Waals surface area contributed by atoms with Gasteiger partial charge in [-0.2, -0.15) is 0 Å². The monoisotopic (exact) mass is 1110 g/mol. The van der Waals surface area contributed by atoms with Gasteiger partial charge in [-0.05, 0) is 121 Å². The molecular formula is C61H80N10O8S. The number of nitrogens with one attached hydrogen (secondary N) is 2. The first-order valence-electron chi connectivity index (χ1n) is 29.6. The van der Waals surface area contributed by atoms with E-state index < -0.39 is 23.0 Å². The number of anilines is 1. The Kier molecular flexibility index (Phi) is 14.3. The Morgan fingerprint density at radius 3 is 2.52 bits per heavy atom. The van der Waals surface area contributed by atoms with Gasteiger partial charge in [-0.25, -0.2) is 20.2 Å². The van der Waals surface area contributed by atoms with Gasteiger partial charge in [0.2, 0.25) is 5.91 Å². The molecule has 10 heterocycles. The number of cyclic esters (lactones) is 1. The molecule has 3 aliphatic carbocycles. The van der Waals surface area contributed by atoms with Crippen molar-refractivity contribution < 1.29 is 37.7 Å². The summed E-state index contributed by atoms with van der Waals surface area (Å²) in [5.41, 5.74) is 10.2. The van der Waals surface area contributed by atoms with Crippen LogP contribution in [0.3, 0.4) is 0 Å². The van der Waals surface area contributed by atoms with Crippen LogP contribution < -0.4 is 15.6 Å². The summed E-state index contributed by atoms with van der Waals surface area (Å²) in [6.45, 7) is 20.5. The van der Waals surface area contributed by atoms with E-state index in [2.05, 4.69) is 99.3 Å². The second-order valence-corrected chi connectivity index (χ2v) is 26.9. The Morgan fingerprint density at radius 1 is 0.988 bits per heavy atom. The van der Waals surface area contributed by atoms with E-state index in [0.29, 0.717) is 45.6 Å². The molecule has 0 unspecified atom stereocenters. The maximum Gasteiger partial charge on any atom is 0.328 e. The van der Waals surface area contributed by atoms with Crippen LogP contribution in [0.5, 0.6) is 0 Å². The lowest BCUT2D eigenvalue weighted by atomic mass is 9.66. The van der Waals surface area contributed by atoms with Crippen LogP contribution in [-0.4, -0.2) is 154 Å². The zero-order valence-corrected chi connectivity index (χ0v) is 48.5. The number of ether oxygens (including phenoxy) is 4. The van der Waals surface area contributed by atoms with Crippen LogP contribution in [-0.2, 0) is 46.3 Å². The predicted molar refractivity (Wildman–Crippen MR) is 304 cm³/mol. The summed E-state index contributed by atoms with van der Waals surface area (Å²) in [4.78, 5) is 67.6. The number of pyridine rings is 1. The maximum absolute atomic E-state index is 15.5. The van der Waals surface area contributed by atoms with Gasteiger partial charge in [0, 0.05) is 110 Å². The topological polar surface area (TPSA) is 182 Å². The third kappa shape index (κ3) is 10.3.